The SMILES string of the molecule is C.C/C(=C\[C@H](C(C)C)N(C)C(=O)[C@@H](NC(=O)[C@@H](N(C)C)C(C)(C)C1CN(C)c2ccccc21)C(C)C)C(=O)O.[B]. The number of aliphatic carboxylic acids is 1. The van der Waals surface area contributed by atoms with Crippen molar-refractivity contribution in [2.75, 3.05) is 39.6 Å². The number of likely N-dealkylation sites (N-methyl/N-ethyl adjacent to an activating group) is 3. The van der Waals surface area contributed by atoms with Gasteiger partial charge in [0.05, 0.1) is 12.1 Å². The molecule has 9 heteroatoms. The number of fused-ring (bicyclic) bond motifs is 1. The fourth-order valence-electron chi connectivity index (χ4n) is 5.86. The van der Waals surface area contributed by atoms with E-state index in [4.69, 9.17) is 0 Å². The highest BCUT2D eigenvalue weighted by atomic mass is 16.4. The Morgan fingerprint density at radius 3 is 2.10 bits per heavy atom. The molecule has 1 aliphatic rings. The van der Waals surface area contributed by atoms with E-state index >= 15 is 0 Å². The molecular formula is C31H52BN4O4. The lowest BCUT2D eigenvalue weighted by Gasteiger charge is -2.43. The molecule has 1 aliphatic heterocycles. The molecule has 0 aliphatic carbocycles. The quantitative estimate of drug-likeness (QED) is 0.316. The second-order valence-electron chi connectivity index (χ2n) is 12.2. The van der Waals surface area contributed by atoms with Gasteiger partial charge >= 0.3 is 5.97 Å². The second kappa shape index (κ2) is 14.7. The molecule has 1 unspecified atom stereocenters. The molecule has 0 saturated carbocycles. The minimum Gasteiger partial charge on any atom is -0.478 e. The van der Waals surface area contributed by atoms with E-state index in [-0.39, 0.29) is 51.0 Å². The van der Waals surface area contributed by atoms with Crippen molar-refractivity contribution in [3.63, 3.8) is 0 Å². The summed E-state index contributed by atoms with van der Waals surface area (Å²) in [5.74, 6) is -1.47. The zero-order valence-corrected chi connectivity index (χ0v) is 25.6. The first-order chi connectivity index (χ1) is 17.5. The van der Waals surface area contributed by atoms with Gasteiger partial charge in [-0.15, -0.1) is 0 Å². The molecule has 223 valence electrons. The summed E-state index contributed by atoms with van der Waals surface area (Å²) in [6.07, 6.45) is 1.61. The Labute approximate surface area is 244 Å². The number of hydrogen-bond acceptors (Lipinski definition) is 5. The van der Waals surface area contributed by atoms with Crippen LogP contribution in [-0.2, 0) is 14.4 Å². The first-order valence-corrected chi connectivity index (χ1v) is 13.5. The minimum atomic E-state index is -1.01. The number of rotatable bonds is 11. The molecule has 0 saturated heterocycles. The normalized spacial score (nSPS) is 17.5. The van der Waals surface area contributed by atoms with Gasteiger partial charge < -0.3 is 20.2 Å². The lowest BCUT2D eigenvalue weighted by atomic mass is 9.70. The molecule has 2 N–H and O–H groups in total. The fourth-order valence-corrected chi connectivity index (χ4v) is 5.86. The van der Waals surface area contributed by atoms with Crippen LogP contribution >= 0.6 is 0 Å². The highest BCUT2D eigenvalue weighted by Crippen LogP contribution is 2.47. The van der Waals surface area contributed by atoms with E-state index < -0.39 is 29.5 Å². The number of nitrogens with zero attached hydrogens (tertiary/aromatic N) is 3. The Balaban J connectivity index is 0.00000760. The standard InChI is InChI=1S/C30H48N4O4.CH4.B/c1-18(2)24(16-20(5)29(37)38)34(11)28(36)25(19(3)4)31-27(35)26(32(8)9)30(6,7)22-17-33(10)23-15-13-12-14-21(22)23;;/h12-16,18-19,22,24-26H,17H2,1-11H3,(H,31,35)(H,37,38);1H4;/b20-16+;;/t22?,24-,25+,26-;;/m1../s1. The van der Waals surface area contributed by atoms with Gasteiger partial charge in [-0.25, -0.2) is 4.79 Å². The molecule has 2 rings (SSSR count). The zero-order valence-electron chi connectivity index (χ0n) is 25.6. The number of amides is 2. The van der Waals surface area contributed by atoms with Crippen LogP contribution in [0.3, 0.4) is 0 Å². The number of hydrogen-bond donors (Lipinski definition) is 2. The van der Waals surface area contributed by atoms with Crippen molar-refractivity contribution < 1.29 is 19.5 Å². The molecule has 1 heterocycles. The van der Waals surface area contributed by atoms with E-state index in [0.29, 0.717) is 0 Å². The van der Waals surface area contributed by atoms with Crippen molar-refractivity contribution in [1.29, 1.82) is 0 Å². The maximum atomic E-state index is 14.0. The molecule has 4 atom stereocenters. The summed E-state index contributed by atoms with van der Waals surface area (Å²) in [7, 11) is 7.57. The molecule has 1 aromatic rings. The molecule has 0 spiro atoms. The topological polar surface area (TPSA) is 93.2 Å². The van der Waals surface area contributed by atoms with Gasteiger partial charge in [0.15, 0.2) is 0 Å². The van der Waals surface area contributed by atoms with Gasteiger partial charge in [-0.1, -0.05) is 73.2 Å². The molecule has 0 aromatic heterocycles. The van der Waals surface area contributed by atoms with E-state index in [1.807, 2.05) is 58.8 Å². The van der Waals surface area contributed by atoms with Gasteiger partial charge in [0.2, 0.25) is 11.8 Å². The van der Waals surface area contributed by atoms with Crippen molar-refractivity contribution in [1.82, 2.24) is 15.1 Å². The summed E-state index contributed by atoms with van der Waals surface area (Å²) in [5.41, 5.74) is 2.16. The van der Waals surface area contributed by atoms with E-state index in [0.717, 1.165) is 6.54 Å². The lowest BCUT2D eigenvalue weighted by Crippen LogP contribution is -2.60. The molecule has 1 aromatic carbocycles. The number of para-hydroxylation sites is 1. The highest BCUT2D eigenvalue weighted by Gasteiger charge is 2.47. The van der Waals surface area contributed by atoms with Crippen molar-refractivity contribution in [3.05, 3.63) is 41.5 Å². The average molecular weight is 556 g/mol. The van der Waals surface area contributed by atoms with Crippen LogP contribution in [0.4, 0.5) is 5.69 Å². The third-order valence-corrected chi connectivity index (χ3v) is 8.01. The largest absolute Gasteiger partial charge is 0.478 e. The number of carbonyl (C=O) groups excluding carboxylic acids is 2. The maximum Gasteiger partial charge on any atom is 0.331 e. The molecule has 2 amide bonds. The molecular weight excluding hydrogens is 503 g/mol. The molecule has 3 radical (unpaired) electrons. The van der Waals surface area contributed by atoms with Gasteiger partial charge in [0.25, 0.3) is 0 Å². The van der Waals surface area contributed by atoms with Crippen LogP contribution in [0.2, 0.25) is 0 Å². The van der Waals surface area contributed by atoms with Crippen LogP contribution < -0.4 is 10.2 Å². The third kappa shape index (κ3) is 7.90. The number of anilines is 1. The maximum absolute atomic E-state index is 14.0. The van der Waals surface area contributed by atoms with Crippen LogP contribution in [0, 0.1) is 17.3 Å². The number of carboxylic acids is 1. The summed E-state index contributed by atoms with van der Waals surface area (Å²) >= 11 is 0. The first kappa shape index (κ1) is 37.2. The Hall–Kier alpha value is -2.81. The second-order valence-corrected chi connectivity index (χ2v) is 12.2. The molecule has 0 fully saturated rings. The van der Waals surface area contributed by atoms with Gasteiger partial charge in [0.1, 0.15) is 6.04 Å². The van der Waals surface area contributed by atoms with Crippen molar-refractivity contribution >= 4 is 31.9 Å². The number of nitrogens with one attached hydrogen (secondary N) is 1. The molecule has 40 heavy (non-hydrogen) atoms. The summed E-state index contributed by atoms with van der Waals surface area (Å²) in [6.45, 7) is 14.3. The van der Waals surface area contributed by atoms with Crippen molar-refractivity contribution in [2.24, 2.45) is 17.3 Å². The van der Waals surface area contributed by atoms with Crippen molar-refractivity contribution in [2.45, 2.75) is 79.9 Å². The van der Waals surface area contributed by atoms with E-state index in [1.165, 1.54) is 18.2 Å². The Bertz CT molecular complexity index is 1050. The van der Waals surface area contributed by atoms with Crippen LogP contribution in [0.15, 0.2) is 35.9 Å². The predicted molar refractivity (Wildman–Crippen MR) is 166 cm³/mol. The van der Waals surface area contributed by atoms with Gasteiger partial charge in [-0.2, -0.15) is 0 Å². The smallest absolute Gasteiger partial charge is 0.331 e. The Morgan fingerprint density at radius 1 is 1.07 bits per heavy atom. The van der Waals surface area contributed by atoms with Crippen LogP contribution in [0.1, 0.15) is 67.4 Å². The lowest BCUT2D eigenvalue weighted by molar-refractivity contribution is -0.141. The van der Waals surface area contributed by atoms with Gasteiger partial charge in [-0.05, 0) is 49.9 Å². The third-order valence-electron chi connectivity index (χ3n) is 8.01. The van der Waals surface area contributed by atoms with Crippen LogP contribution in [0.5, 0.6) is 0 Å². The van der Waals surface area contributed by atoms with Crippen LogP contribution in [0.25, 0.3) is 0 Å². The van der Waals surface area contributed by atoms with Crippen molar-refractivity contribution in [3.8, 4) is 0 Å². The summed E-state index contributed by atoms with van der Waals surface area (Å²) in [5, 5.41) is 12.5. The molecule has 8 nitrogen and oxygen atoms in total. The Morgan fingerprint density at radius 2 is 1.62 bits per heavy atom. The zero-order chi connectivity index (χ0) is 29.1. The number of benzene rings is 1. The fraction of sp³-hybridized carbons (Fsp3) is 0.645. The van der Waals surface area contributed by atoms with E-state index in [2.05, 4.69) is 43.2 Å². The van der Waals surface area contributed by atoms with Crippen LogP contribution in [-0.4, -0.2) is 94.0 Å². The van der Waals surface area contributed by atoms with Gasteiger partial charge in [-0.3, -0.25) is 14.5 Å². The highest BCUT2D eigenvalue weighted by molar-refractivity contribution is 5.91. The first-order valence-electron chi connectivity index (χ1n) is 13.5. The summed E-state index contributed by atoms with van der Waals surface area (Å²) in [4.78, 5) is 44.9. The van der Waals surface area contributed by atoms with E-state index in [1.54, 1.807) is 18.0 Å². The van der Waals surface area contributed by atoms with Gasteiger partial charge in [0, 0.05) is 46.2 Å². The number of carboxylic acid groups (broad SMARTS) is 1. The number of carbonyl (C=O) groups is 3. The molecule has 0 bridgehead atoms. The minimum absolute atomic E-state index is 0. The van der Waals surface area contributed by atoms with E-state index in [9.17, 15) is 19.5 Å². The summed E-state index contributed by atoms with van der Waals surface area (Å²) in [6, 6.07) is 6.69. The average Bonchev–Trinajstić information content (AvgIpc) is 3.16. The summed E-state index contributed by atoms with van der Waals surface area (Å²) < 4.78 is 0. The monoisotopic (exact) mass is 555 g/mol. The predicted octanol–water partition coefficient (Wildman–Crippen LogP) is 4.09. The Kier molecular flexibility index (Phi) is 13.7.